The van der Waals surface area contributed by atoms with E-state index in [0.29, 0.717) is 12.0 Å². The lowest BCUT2D eigenvalue weighted by molar-refractivity contribution is 0.551. The summed E-state index contributed by atoms with van der Waals surface area (Å²) in [6.45, 7) is 16.3. The summed E-state index contributed by atoms with van der Waals surface area (Å²) in [4.78, 5) is 7.22. The molecule has 1 aromatic rings. The molecule has 0 unspecified atom stereocenters. The van der Waals surface area contributed by atoms with E-state index in [9.17, 15) is 0 Å². The Labute approximate surface area is 131 Å². The van der Waals surface area contributed by atoms with Gasteiger partial charge in [-0.05, 0) is 57.4 Å². The third kappa shape index (κ3) is 6.04. The zero-order chi connectivity index (χ0) is 15.8. The molecule has 3 heteroatoms. The van der Waals surface area contributed by atoms with Gasteiger partial charge in [-0.1, -0.05) is 27.2 Å². The molecule has 0 aliphatic carbocycles. The summed E-state index contributed by atoms with van der Waals surface area (Å²) in [5.74, 6) is 1.81. The lowest BCUT2D eigenvalue weighted by atomic mass is 10.1. The maximum Gasteiger partial charge on any atom is 0.129 e. The monoisotopic (exact) mass is 291 g/mol. The van der Waals surface area contributed by atoms with Crippen molar-refractivity contribution in [1.29, 1.82) is 0 Å². The number of nitrogens with one attached hydrogen (secondary N) is 1. The van der Waals surface area contributed by atoms with Crippen molar-refractivity contribution in [3.05, 3.63) is 23.4 Å². The highest BCUT2D eigenvalue weighted by atomic mass is 15.2. The molecule has 1 heterocycles. The molecule has 0 bridgehead atoms. The summed E-state index contributed by atoms with van der Waals surface area (Å²) in [5, 5.41) is 3.54. The quantitative estimate of drug-likeness (QED) is 0.745. The number of hydrogen-bond donors (Lipinski definition) is 1. The number of aryl methyl sites for hydroxylation is 1. The van der Waals surface area contributed by atoms with Crippen LogP contribution < -0.4 is 10.2 Å². The van der Waals surface area contributed by atoms with Crippen molar-refractivity contribution >= 4 is 5.82 Å². The van der Waals surface area contributed by atoms with Crippen LogP contribution in [0.3, 0.4) is 0 Å². The molecule has 120 valence electrons. The highest BCUT2D eigenvalue weighted by molar-refractivity contribution is 5.43. The van der Waals surface area contributed by atoms with Crippen LogP contribution in [0.5, 0.6) is 0 Å². The minimum Gasteiger partial charge on any atom is -0.354 e. The Morgan fingerprint density at radius 1 is 1.14 bits per heavy atom. The van der Waals surface area contributed by atoms with Gasteiger partial charge >= 0.3 is 0 Å². The fourth-order valence-corrected chi connectivity index (χ4v) is 2.56. The van der Waals surface area contributed by atoms with Crippen molar-refractivity contribution in [1.82, 2.24) is 10.3 Å². The number of anilines is 1. The highest BCUT2D eigenvalue weighted by Gasteiger charge is 2.12. The smallest absolute Gasteiger partial charge is 0.129 e. The summed E-state index contributed by atoms with van der Waals surface area (Å²) in [5.41, 5.74) is 2.57. The Bertz CT molecular complexity index is 413. The Morgan fingerprint density at radius 2 is 1.86 bits per heavy atom. The van der Waals surface area contributed by atoms with Crippen molar-refractivity contribution in [2.75, 3.05) is 18.0 Å². The van der Waals surface area contributed by atoms with Gasteiger partial charge in [-0.25, -0.2) is 4.98 Å². The first kappa shape index (κ1) is 18.0. The van der Waals surface area contributed by atoms with Crippen molar-refractivity contribution in [2.45, 2.75) is 67.0 Å². The third-order valence-electron chi connectivity index (χ3n) is 3.57. The van der Waals surface area contributed by atoms with Crippen molar-refractivity contribution in [3.8, 4) is 0 Å². The van der Waals surface area contributed by atoms with Gasteiger partial charge in [0.25, 0.3) is 0 Å². The van der Waals surface area contributed by atoms with E-state index < -0.39 is 0 Å². The molecule has 0 radical (unpaired) electrons. The standard InChI is InChI=1S/C18H33N3/c1-7-9-17-10-16(13-19-12-14(3)4)11-18(20-17)21(8-2)15(5)6/h10-11,14-15,19H,7-9,12-13H2,1-6H3. The van der Waals surface area contributed by atoms with Crippen LogP contribution in [0.1, 0.15) is 59.2 Å². The largest absolute Gasteiger partial charge is 0.354 e. The predicted octanol–water partition coefficient (Wildman–Crippen LogP) is 4.01. The van der Waals surface area contributed by atoms with E-state index in [-0.39, 0.29) is 0 Å². The molecule has 21 heavy (non-hydrogen) atoms. The molecular formula is C18H33N3. The Hall–Kier alpha value is -1.09. The van der Waals surface area contributed by atoms with Crippen molar-refractivity contribution in [3.63, 3.8) is 0 Å². The van der Waals surface area contributed by atoms with E-state index in [1.165, 1.54) is 11.3 Å². The summed E-state index contributed by atoms with van der Waals surface area (Å²) >= 11 is 0. The zero-order valence-corrected chi connectivity index (χ0v) is 14.7. The summed E-state index contributed by atoms with van der Waals surface area (Å²) in [6.07, 6.45) is 2.20. The van der Waals surface area contributed by atoms with Crippen LogP contribution in [-0.2, 0) is 13.0 Å². The highest BCUT2D eigenvalue weighted by Crippen LogP contribution is 2.18. The number of nitrogens with zero attached hydrogens (tertiary/aromatic N) is 2. The van der Waals surface area contributed by atoms with E-state index >= 15 is 0 Å². The number of aromatic nitrogens is 1. The van der Waals surface area contributed by atoms with Crippen molar-refractivity contribution in [2.24, 2.45) is 5.92 Å². The predicted molar refractivity (Wildman–Crippen MR) is 92.9 cm³/mol. The Kier molecular flexibility index (Phi) is 7.73. The van der Waals surface area contributed by atoms with Gasteiger partial charge < -0.3 is 10.2 Å². The summed E-state index contributed by atoms with van der Waals surface area (Å²) < 4.78 is 0. The van der Waals surface area contributed by atoms with Crippen LogP contribution in [0.2, 0.25) is 0 Å². The summed E-state index contributed by atoms with van der Waals surface area (Å²) in [6, 6.07) is 4.99. The van der Waals surface area contributed by atoms with Gasteiger partial charge in [0.1, 0.15) is 5.82 Å². The van der Waals surface area contributed by atoms with Crippen LogP contribution in [0.25, 0.3) is 0 Å². The molecule has 1 rings (SSSR count). The number of pyridine rings is 1. The maximum absolute atomic E-state index is 4.86. The first-order chi connectivity index (χ1) is 9.97. The first-order valence-electron chi connectivity index (χ1n) is 8.45. The molecule has 0 spiro atoms. The molecular weight excluding hydrogens is 258 g/mol. The van der Waals surface area contributed by atoms with Gasteiger partial charge in [-0.15, -0.1) is 0 Å². The molecule has 0 fully saturated rings. The van der Waals surface area contributed by atoms with Crippen LogP contribution in [0.4, 0.5) is 5.82 Å². The molecule has 0 atom stereocenters. The van der Waals surface area contributed by atoms with Crippen LogP contribution in [0.15, 0.2) is 12.1 Å². The topological polar surface area (TPSA) is 28.2 Å². The lowest BCUT2D eigenvalue weighted by Crippen LogP contribution is -2.31. The van der Waals surface area contributed by atoms with Gasteiger partial charge in [-0.2, -0.15) is 0 Å². The fourth-order valence-electron chi connectivity index (χ4n) is 2.56. The maximum atomic E-state index is 4.86. The molecule has 0 saturated carbocycles. The van der Waals surface area contributed by atoms with E-state index in [2.05, 4.69) is 63.9 Å². The first-order valence-corrected chi connectivity index (χ1v) is 8.45. The van der Waals surface area contributed by atoms with E-state index in [1.807, 2.05) is 0 Å². The SMILES string of the molecule is CCCc1cc(CNCC(C)C)cc(N(CC)C(C)C)n1. The molecule has 1 aromatic heterocycles. The van der Waals surface area contributed by atoms with E-state index in [1.54, 1.807) is 0 Å². The van der Waals surface area contributed by atoms with Gasteiger partial charge in [0, 0.05) is 24.8 Å². The van der Waals surface area contributed by atoms with Crippen LogP contribution in [-0.4, -0.2) is 24.1 Å². The van der Waals surface area contributed by atoms with Crippen LogP contribution >= 0.6 is 0 Å². The minimum atomic E-state index is 0.482. The number of rotatable bonds is 9. The fraction of sp³-hybridized carbons (Fsp3) is 0.722. The second-order valence-corrected chi connectivity index (χ2v) is 6.48. The molecule has 1 N–H and O–H groups in total. The molecule has 0 amide bonds. The molecule has 0 saturated heterocycles. The zero-order valence-electron chi connectivity index (χ0n) is 14.7. The van der Waals surface area contributed by atoms with Gasteiger partial charge in [0.15, 0.2) is 0 Å². The summed E-state index contributed by atoms with van der Waals surface area (Å²) in [7, 11) is 0. The molecule has 0 aromatic carbocycles. The number of hydrogen-bond acceptors (Lipinski definition) is 3. The normalized spacial score (nSPS) is 11.4. The average Bonchev–Trinajstić information content (AvgIpc) is 2.38. The Balaban J connectivity index is 2.93. The van der Waals surface area contributed by atoms with Gasteiger partial charge in [0.2, 0.25) is 0 Å². The van der Waals surface area contributed by atoms with Gasteiger partial charge in [0.05, 0.1) is 0 Å². The third-order valence-corrected chi connectivity index (χ3v) is 3.57. The average molecular weight is 291 g/mol. The molecule has 0 aliphatic heterocycles. The van der Waals surface area contributed by atoms with Crippen LogP contribution in [0, 0.1) is 5.92 Å². The lowest BCUT2D eigenvalue weighted by Gasteiger charge is -2.27. The molecule has 0 aliphatic rings. The van der Waals surface area contributed by atoms with E-state index in [4.69, 9.17) is 4.98 Å². The molecule has 3 nitrogen and oxygen atoms in total. The van der Waals surface area contributed by atoms with E-state index in [0.717, 1.165) is 38.3 Å². The minimum absolute atomic E-state index is 0.482. The van der Waals surface area contributed by atoms with Gasteiger partial charge in [-0.3, -0.25) is 0 Å². The second-order valence-electron chi connectivity index (χ2n) is 6.48. The second kappa shape index (κ2) is 9.04. The Morgan fingerprint density at radius 3 is 2.38 bits per heavy atom. The van der Waals surface area contributed by atoms with Crippen molar-refractivity contribution < 1.29 is 0 Å².